The molecule has 0 aliphatic rings. The Morgan fingerprint density at radius 2 is 1.37 bits per heavy atom. The zero-order valence-corrected chi connectivity index (χ0v) is 20.4. The van der Waals surface area contributed by atoms with Gasteiger partial charge in [0.15, 0.2) is 0 Å². The Morgan fingerprint density at radius 1 is 0.800 bits per heavy atom. The lowest BCUT2D eigenvalue weighted by molar-refractivity contribution is 0.267. The molecule has 0 spiro atoms. The first-order chi connectivity index (χ1) is 17.1. The first kappa shape index (κ1) is 25.6. The minimum atomic E-state index is 0.282. The molecule has 35 heavy (non-hydrogen) atoms. The van der Waals surface area contributed by atoms with Gasteiger partial charge in [0.05, 0.1) is 11.3 Å². The number of benzene rings is 3. The Morgan fingerprint density at radius 3 is 1.97 bits per heavy atom. The SMILES string of the molecule is CC.[B]c1ccc(C(=N)c2ccc(OCc3ccccc3)nc2OCc2ccccc2)c(NC)c1. The van der Waals surface area contributed by atoms with Crippen molar-refractivity contribution in [1.82, 2.24) is 4.98 Å². The molecular weight excluding hydrogens is 433 g/mol. The summed E-state index contributed by atoms with van der Waals surface area (Å²) >= 11 is 0. The third-order valence-electron chi connectivity index (χ3n) is 5.13. The molecular formula is C29H30BN3O2. The Hall–Kier alpha value is -4.06. The molecule has 0 aliphatic heterocycles. The second kappa shape index (κ2) is 13.0. The van der Waals surface area contributed by atoms with Crippen molar-refractivity contribution in [3.05, 3.63) is 113 Å². The summed E-state index contributed by atoms with van der Waals surface area (Å²) in [5.41, 5.74) is 5.00. The number of nitrogens with zero attached hydrogens (tertiary/aromatic N) is 1. The lowest BCUT2D eigenvalue weighted by Crippen LogP contribution is -2.13. The lowest BCUT2D eigenvalue weighted by atomic mass is 9.91. The van der Waals surface area contributed by atoms with E-state index in [-0.39, 0.29) is 5.71 Å². The number of rotatable bonds is 9. The summed E-state index contributed by atoms with van der Waals surface area (Å²) in [7, 11) is 7.72. The summed E-state index contributed by atoms with van der Waals surface area (Å²) in [5, 5.41) is 12.0. The van der Waals surface area contributed by atoms with Gasteiger partial charge in [-0.15, -0.1) is 0 Å². The van der Waals surface area contributed by atoms with E-state index in [2.05, 4.69) is 10.3 Å². The van der Waals surface area contributed by atoms with Gasteiger partial charge < -0.3 is 14.8 Å². The van der Waals surface area contributed by atoms with Gasteiger partial charge in [0, 0.05) is 24.4 Å². The van der Waals surface area contributed by atoms with Crippen LogP contribution in [0.2, 0.25) is 0 Å². The van der Waals surface area contributed by atoms with Crippen LogP contribution in [-0.4, -0.2) is 25.6 Å². The van der Waals surface area contributed by atoms with Crippen LogP contribution in [0.1, 0.15) is 36.1 Å². The third kappa shape index (κ3) is 6.96. The highest BCUT2D eigenvalue weighted by Gasteiger charge is 2.17. The number of anilines is 1. The van der Waals surface area contributed by atoms with Gasteiger partial charge in [-0.2, -0.15) is 4.98 Å². The molecule has 4 aromatic rings. The van der Waals surface area contributed by atoms with Gasteiger partial charge in [-0.3, -0.25) is 5.41 Å². The molecule has 176 valence electrons. The monoisotopic (exact) mass is 463 g/mol. The van der Waals surface area contributed by atoms with E-state index in [1.807, 2.05) is 86.6 Å². The summed E-state index contributed by atoms with van der Waals surface area (Å²) in [5.74, 6) is 0.776. The molecule has 0 unspecified atom stereocenters. The topological polar surface area (TPSA) is 67.2 Å². The van der Waals surface area contributed by atoms with E-state index in [9.17, 15) is 0 Å². The van der Waals surface area contributed by atoms with E-state index in [4.69, 9.17) is 22.7 Å². The highest BCUT2D eigenvalue weighted by atomic mass is 16.5. The Bertz CT molecular complexity index is 1230. The normalized spacial score (nSPS) is 10.0. The minimum Gasteiger partial charge on any atom is -0.473 e. The fraction of sp³-hybridized carbons (Fsp3) is 0.172. The standard InChI is InChI=1S/C27H24BN3O2.C2H6/c1-30-24-16-21(28)12-13-22(24)26(29)23-14-15-25(32-17-19-8-4-2-5-9-19)31-27(23)33-18-20-10-6-3-7-11-20;1-2/h2-16,29-30H,17-18H2,1H3;1-2H3. The van der Waals surface area contributed by atoms with Crippen molar-refractivity contribution in [1.29, 1.82) is 5.41 Å². The summed E-state index contributed by atoms with van der Waals surface area (Å²) in [6.07, 6.45) is 0. The van der Waals surface area contributed by atoms with Crippen molar-refractivity contribution < 1.29 is 9.47 Å². The Kier molecular flexibility index (Phi) is 9.49. The molecule has 0 amide bonds. The molecule has 4 rings (SSSR count). The van der Waals surface area contributed by atoms with Crippen molar-refractivity contribution in [2.45, 2.75) is 27.1 Å². The van der Waals surface area contributed by atoms with E-state index < -0.39 is 0 Å². The van der Waals surface area contributed by atoms with Crippen molar-refractivity contribution in [3.63, 3.8) is 0 Å². The van der Waals surface area contributed by atoms with E-state index in [1.165, 1.54) is 0 Å². The third-order valence-corrected chi connectivity index (χ3v) is 5.13. The first-order valence-electron chi connectivity index (χ1n) is 11.6. The molecule has 1 heterocycles. The van der Waals surface area contributed by atoms with E-state index >= 15 is 0 Å². The van der Waals surface area contributed by atoms with Gasteiger partial charge >= 0.3 is 0 Å². The molecule has 0 saturated heterocycles. The predicted molar refractivity (Wildman–Crippen MR) is 144 cm³/mol. The van der Waals surface area contributed by atoms with Crippen LogP contribution in [0.5, 0.6) is 11.8 Å². The smallest absolute Gasteiger partial charge is 0.226 e. The second-order valence-electron chi connectivity index (χ2n) is 7.48. The average molecular weight is 463 g/mol. The molecule has 5 nitrogen and oxygen atoms in total. The highest BCUT2D eigenvalue weighted by Crippen LogP contribution is 2.27. The Labute approximate surface area is 209 Å². The van der Waals surface area contributed by atoms with Crippen LogP contribution in [0.25, 0.3) is 0 Å². The van der Waals surface area contributed by atoms with Crippen LogP contribution in [0.15, 0.2) is 91.0 Å². The zero-order valence-electron chi connectivity index (χ0n) is 20.4. The van der Waals surface area contributed by atoms with Crippen LogP contribution < -0.4 is 20.3 Å². The fourth-order valence-corrected chi connectivity index (χ4v) is 3.39. The van der Waals surface area contributed by atoms with Crippen molar-refractivity contribution >= 4 is 24.7 Å². The quantitative estimate of drug-likeness (QED) is 0.254. The van der Waals surface area contributed by atoms with Gasteiger partial charge in [-0.25, -0.2) is 0 Å². The predicted octanol–water partition coefficient (Wildman–Crippen LogP) is 5.52. The number of pyridine rings is 1. The number of aromatic nitrogens is 1. The van der Waals surface area contributed by atoms with Gasteiger partial charge in [-0.05, 0) is 23.3 Å². The molecule has 3 aromatic carbocycles. The van der Waals surface area contributed by atoms with Gasteiger partial charge in [0.1, 0.15) is 21.1 Å². The van der Waals surface area contributed by atoms with Crippen molar-refractivity contribution in [3.8, 4) is 11.8 Å². The van der Waals surface area contributed by atoms with E-state index in [0.717, 1.165) is 16.8 Å². The summed E-state index contributed by atoms with van der Waals surface area (Å²) in [6, 6.07) is 28.7. The summed E-state index contributed by atoms with van der Waals surface area (Å²) in [4.78, 5) is 4.59. The first-order valence-corrected chi connectivity index (χ1v) is 11.6. The van der Waals surface area contributed by atoms with Crippen LogP contribution in [0, 0.1) is 5.41 Å². The summed E-state index contributed by atoms with van der Waals surface area (Å²) < 4.78 is 12.0. The molecule has 1 aromatic heterocycles. The largest absolute Gasteiger partial charge is 0.473 e. The number of hydrogen-bond donors (Lipinski definition) is 2. The lowest BCUT2D eigenvalue weighted by Gasteiger charge is -2.16. The Balaban J connectivity index is 0.00000167. The number of nitrogens with one attached hydrogen (secondary N) is 2. The highest BCUT2D eigenvalue weighted by molar-refractivity contribution is 6.33. The molecule has 0 aliphatic carbocycles. The van der Waals surface area contributed by atoms with Gasteiger partial charge in [-0.1, -0.05) is 92.1 Å². The van der Waals surface area contributed by atoms with Crippen LogP contribution >= 0.6 is 0 Å². The maximum Gasteiger partial charge on any atom is 0.226 e. The van der Waals surface area contributed by atoms with E-state index in [1.54, 1.807) is 25.2 Å². The van der Waals surface area contributed by atoms with Crippen molar-refractivity contribution in [2.75, 3.05) is 12.4 Å². The molecule has 0 fully saturated rings. The van der Waals surface area contributed by atoms with Crippen LogP contribution in [0.4, 0.5) is 5.69 Å². The van der Waals surface area contributed by atoms with Crippen LogP contribution in [0.3, 0.4) is 0 Å². The molecule has 0 atom stereocenters. The maximum absolute atomic E-state index is 8.87. The van der Waals surface area contributed by atoms with Gasteiger partial charge in [0.25, 0.3) is 0 Å². The number of hydrogen-bond acceptors (Lipinski definition) is 5. The fourth-order valence-electron chi connectivity index (χ4n) is 3.39. The molecule has 0 bridgehead atoms. The molecule has 6 heteroatoms. The zero-order chi connectivity index (χ0) is 25.0. The number of ether oxygens (including phenoxy) is 2. The average Bonchev–Trinajstić information content (AvgIpc) is 2.92. The maximum atomic E-state index is 8.87. The molecule has 2 radical (unpaired) electrons. The van der Waals surface area contributed by atoms with Crippen molar-refractivity contribution in [2.24, 2.45) is 0 Å². The van der Waals surface area contributed by atoms with E-state index in [0.29, 0.717) is 41.6 Å². The molecule has 2 N–H and O–H groups in total. The molecule has 0 saturated carbocycles. The van der Waals surface area contributed by atoms with Gasteiger partial charge in [0.2, 0.25) is 11.8 Å². The minimum absolute atomic E-state index is 0.282. The second-order valence-corrected chi connectivity index (χ2v) is 7.48. The summed E-state index contributed by atoms with van der Waals surface area (Å²) in [6.45, 7) is 4.72. The van der Waals surface area contributed by atoms with Crippen LogP contribution in [-0.2, 0) is 13.2 Å².